The van der Waals surface area contributed by atoms with Gasteiger partial charge in [0.2, 0.25) is 0 Å². The monoisotopic (exact) mass is 410 g/mol. The van der Waals surface area contributed by atoms with E-state index in [1.165, 1.54) is 44.9 Å². The second-order valence-electron chi connectivity index (χ2n) is 6.05. The van der Waals surface area contributed by atoms with E-state index in [0.29, 0.717) is 0 Å². The third-order valence-electron chi connectivity index (χ3n) is 4.56. The standard InChI is InChI=1S/C14H19.2C3H4O2.CH3O.Ti/c1-10-11-6-2-4-8-13(11)14-9-5-3-7-12(10)14;2*1-2-3(4)5;1-2;/h6,10H,2-5,7-9H2,1H3;2*2H,1H2,(H,4,5);1H3;/q-1;;;-1;+2. The van der Waals surface area contributed by atoms with Gasteiger partial charge in [-0.1, -0.05) is 44.9 Å². The molecule has 3 rings (SSSR count). The summed E-state index contributed by atoms with van der Waals surface area (Å²) in [6, 6.07) is 0. The molecule has 0 amide bonds. The Morgan fingerprint density at radius 1 is 1.00 bits per heavy atom. The van der Waals surface area contributed by atoms with Crippen molar-refractivity contribution in [2.45, 2.75) is 51.9 Å². The van der Waals surface area contributed by atoms with Gasteiger partial charge in [0.25, 0.3) is 0 Å². The molecule has 2 N–H and O–H groups in total. The Bertz CT molecular complexity index is 525. The molecule has 0 heterocycles. The van der Waals surface area contributed by atoms with Gasteiger partial charge in [-0.05, 0) is 25.2 Å². The number of carboxylic acid groups (broad SMARTS) is 2. The van der Waals surface area contributed by atoms with Crippen LogP contribution in [-0.4, -0.2) is 29.3 Å². The van der Waals surface area contributed by atoms with E-state index in [0.717, 1.165) is 25.2 Å². The summed E-state index contributed by atoms with van der Waals surface area (Å²) in [7, 11) is 0.750. The van der Waals surface area contributed by atoms with Gasteiger partial charge in [-0.15, -0.1) is 12.0 Å². The van der Waals surface area contributed by atoms with Crippen molar-refractivity contribution in [2.75, 3.05) is 7.11 Å². The molecule has 1 unspecified atom stereocenters. The Labute approximate surface area is 177 Å². The van der Waals surface area contributed by atoms with Crippen molar-refractivity contribution < 1.29 is 46.6 Å². The van der Waals surface area contributed by atoms with Crippen molar-refractivity contribution in [1.82, 2.24) is 0 Å². The summed E-state index contributed by atoms with van der Waals surface area (Å²) in [5.41, 5.74) is 7.07. The quantitative estimate of drug-likeness (QED) is 0.411. The van der Waals surface area contributed by atoms with Gasteiger partial charge in [0.05, 0.1) is 0 Å². The molecule has 0 spiro atoms. The van der Waals surface area contributed by atoms with Crippen LogP contribution in [0.25, 0.3) is 0 Å². The molecular formula is C21H30O5Ti. The Balaban J connectivity index is 0. The van der Waals surface area contributed by atoms with Crippen molar-refractivity contribution in [3.63, 3.8) is 0 Å². The van der Waals surface area contributed by atoms with Crippen molar-refractivity contribution in [3.05, 3.63) is 54.0 Å². The van der Waals surface area contributed by atoms with Crippen LogP contribution in [0.3, 0.4) is 0 Å². The third-order valence-corrected chi connectivity index (χ3v) is 4.56. The fourth-order valence-corrected chi connectivity index (χ4v) is 3.51. The van der Waals surface area contributed by atoms with Gasteiger partial charge in [-0.2, -0.15) is 12.7 Å². The molecule has 0 radical (unpaired) electrons. The Kier molecular flexibility index (Phi) is 15.9. The SMILES string of the molecule is C=CC(=O)O.C=CC(=O)O.CC1C2=C(CCC[CH-]2)C2=C1CCCC2.C[O-].[Ti+2]. The van der Waals surface area contributed by atoms with E-state index in [1.54, 1.807) is 22.3 Å². The molecule has 5 nitrogen and oxygen atoms in total. The summed E-state index contributed by atoms with van der Waals surface area (Å²) < 4.78 is 0. The van der Waals surface area contributed by atoms with Crippen molar-refractivity contribution in [1.29, 1.82) is 0 Å². The summed E-state index contributed by atoms with van der Waals surface area (Å²) in [6.45, 7) is 8.34. The van der Waals surface area contributed by atoms with Gasteiger partial charge in [0.1, 0.15) is 0 Å². The van der Waals surface area contributed by atoms with Crippen LogP contribution >= 0.6 is 0 Å². The predicted octanol–water partition coefficient (Wildman–Crippen LogP) is 3.68. The van der Waals surface area contributed by atoms with Crippen LogP contribution in [0.2, 0.25) is 0 Å². The first-order chi connectivity index (χ1) is 12.4. The Morgan fingerprint density at radius 2 is 1.44 bits per heavy atom. The zero-order chi connectivity index (χ0) is 20.1. The van der Waals surface area contributed by atoms with Crippen LogP contribution in [0.1, 0.15) is 51.9 Å². The molecule has 0 aromatic heterocycles. The minimum Gasteiger partial charge on any atom is -0.857 e. The molecule has 1 atom stereocenters. The average Bonchev–Trinajstić information content (AvgIpc) is 2.97. The molecule has 0 fully saturated rings. The van der Waals surface area contributed by atoms with E-state index in [9.17, 15) is 9.59 Å². The fraction of sp³-hybridized carbons (Fsp3) is 0.476. The number of hydrogen-bond acceptors (Lipinski definition) is 3. The number of carboxylic acids is 2. The molecule has 6 heteroatoms. The van der Waals surface area contributed by atoms with Crippen molar-refractivity contribution in [3.8, 4) is 0 Å². The van der Waals surface area contributed by atoms with E-state index in [4.69, 9.17) is 15.3 Å². The molecule has 0 aromatic carbocycles. The van der Waals surface area contributed by atoms with Crippen LogP contribution in [0.4, 0.5) is 0 Å². The maximum Gasteiger partial charge on any atom is 2.00 e. The molecule has 0 saturated heterocycles. The maximum atomic E-state index is 9.25. The minimum absolute atomic E-state index is 0. The number of aliphatic carboxylic acids is 2. The summed E-state index contributed by atoms with van der Waals surface area (Å²) >= 11 is 0. The third kappa shape index (κ3) is 9.27. The number of hydrogen-bond donors (Lipinski definition) is 2. The normalized spacial score (nSPS) is 18.9. The zero-order valence-corrected chi connectivity index (χ0v) is 17.9. The summed E-state index contributed by atoms with van der Waals surface area (Å²) in [4.78, 5) is 18.5. The Hall–Kier alpha value is -1.56. The van der Waals surface area contributed by atoms with Gasteiger partial charge in [0, 0.05) is 12.2 Å². The van der Waals surface area contributed by atoms with Crippen LogP contribution in [-0.2, 0) is 31.3 Å². The first kappa shape index (κ1) is 27.7. The molecular weight excluding hydrogens is 380 g/mol. The molecule has 27 heavy (non-hydrogen) atoms. The summed E-state index contributed by atoms with van der Waals surface area (Å²) in [5, 5.41) is 23.5. The van der Waals surface area contributed by atoms with Gasteiger partial charge in [0.15, 0.2) is 0 Å². The maximum absolute atomic E-state index is 9.25. The first-order valence-electron chi connectivity index (χ1n) is 8.82. The number of allylic oxidation sites excluding steroid dienone is 4. The van der Waals surface area contributed by atoms with E-state index >= 15 is 0 Å². The first-order valence-corrected chi connectivity index (χ1v) is 8.82. The molecule has 148 valence electrons. The molecule has 3 aliphatic rings. The minimum atomic E-state index is -0.981. The molecule has 0 aliphatic heterocycles. The topological polar surface area (TPSA) is 97.7 Å². The van der Waals surface area contributed by atoms with Crippen LogP contribution in [0, 0.1) is 12.3 Å². The number of carbonyl (C=O) groups is 2. The largest absolute Gasteiger partial charge is 2.00 e. The summed E-state index contributed by atoms with van der Waals surface area (Å²) in [5.74, 6) is -1.18. The second-order valence-corrected chi connectivity index (χ2v) is 6.05. The van der Waals surface area contributed by atoms with Gasteiger partial charge >= 0.3 is 33.7 Å². The van der Waals surface area contributed by atoms with Crippen LogP contribution in [0.5, 0.6) is 0 Å². The average molecular weight is 410 g/mol. The molecule has 3 aliphatic carbocycles. The van der Waals surface area contributed by atoms with Crippen LogP contribution < -0.4 is 5.11 Å². The van der Waals surface area contributed by atoms with E-state index in [-0.39, 0.29) is 21.7 Å². The molecule has 0 bridgehead atoms. The van der Waals surface area contributed by atoms with E-state index < -0.39 is 11.9 Å². The Morgan fingerprint density at radius 3 is 1.93 bits per heavy atom. The van der Waals surface area contributed by atoms with Crippen LogP contribution in [0.15, 0.2) is 47.6 Å². The van der Waals surface area contributed by atoms with Gasteiger partial charge in [-0.25, -0.2) is 21.6 Å². The zero-order valence-electron chi connectivity index (χ0n) is 16.3. The second kappa shape index (κ2) is 15.5. The van der Waals surface area contributed by atoms with E-state index in [2.05, 4.69) is 26.5 Å². The molecule has 0 saturated carbocycles. The predicted molar refractivity (Wildman–Crippen MR) is 101 cm³/mol. The van der Waals surface area contributed by atoms with E-state index in [1.807, 2.05) is 0 Å². The summed E-state index contributed by atoms with van der Waals surface area (Å²) in [6.07, 6.45) is 13.9. The van der Waals surface area contributed by atoms with Gasteiger partial charge in [-0.3, -0.25) is 0 Å². The van der Waals surface area contributed by atoms with Crippen molar-refractivity contribution in [2.24, 2.45) is 5.92 Å². The fourth-order valence-electron chi connectivity index (χ4n) is 3.51. The molecule has 0 aromatic rings. The number of fused-ring (bicyclic) bond motifs is 1. The van der Waals surface area contributed by atoms with Gasteiger partial charge < -0.3 is 15.3 Å². The number of rotatable bonds is 2. The van der Waals surface area contributed by atoms with Crippen molar-refractivity contribution >= 4 is 11.9 Å². The smallest absolute Gasteiger partial charge is 0.857 e.